The maximum Gasteiger partial charge on any atom is 0.168 e. The lowest BCUT2D eigenvalue weighted by molar-refractivity contribution is 0.0190. The SMILES string of the molecule is C[C@H]1C[C@@H](O)[C@@H](C(=O)c2ccccc2)[C@@H](C)C1. The van der Waals surface area contributed by atoms with E-state index in [4.69, 9.17) is 0 Å². The third-order valence-corrected chi connectivity index (χ3v) is 3.81. The van der Waals surface area contributed by atoms with E-state index < -0.39 is 6.10 Å². The van der Waals surface area contributed by atoms with Crippen molar-refractivity contribution in [2.45, 2.75) is 32.8 Å². The monoisotopic (exact) mass is 232 g/mol. The summed E-state index contributed by atoms with van der Waals surface area (Å²) in [6.45, 7) is 4.22. The van der Waals surface area contributed by atoms with Gasteiger partial charge in [-0.1, -0.05) is 44.2 Å². The van der Waals surface area contributed by atoms with Crippen LogP contribution in [0.25, 0.3) is 0 Å². The van der Waals surface area contributed by atoms with Crippen molar-refractivity contribution in [3.63, 3.8) is 0 Å². The Bertz CT molecular complexity index is 373. The molecule has 2 nitrogen and oxygen atoms in total. The fraction of sp³-hybridized carbons (Fsp3) is 0.533. The van der Waals surface area contributed by atoms with E-state index in [1.54, 1.807) is 0 Å². The molecular weight excluding hydrogens is 212 g/mol. The Morgan fingerprint density at radius 1 is 1.18 bits per heavy atom. The van der Waals surface area contributed by atoms with Crippen molar-refractivity contribution in [2.24, 2.45) is 17.8 Å². The van der Waals surface area contributed by atoms with E-state index in [-0.39, 0.29) is 17.6 Å². The van der Waals surface area contributed by atoms with E-state index >= 15 is 0 Å². The van der Waals surface area contributed by atoms with E-state index in [9.17, 15) is 9.90 Å². The highest BCUT2D eigenvalue weighted by atomic mass is 16.3. The number of rotatable bonds is 2. The second-order valence-electron chi connectivity index (χ2n) is 5.38. The van der Waals surface area contributed by atoms with Gasteiger partial charge in [0.05, 0.1) is 12.0 Å². The van der Waals surface area contributed by atoms with Gasteiger partial charge in [-0.15, -0.1) is 0 Å². The van der Waals surface area contributed by atoms with Crippen LogP contribution in [0.15, 0.2) is 30.3 Å². The lowest BCUT2D eigenvalue weighted by atomic mass is 9.71. The van der Waals surface area contributed by atoms with Crippen molar-refractivity contribution in [2.75, 3.05) is 0 Å². The molecule has 1 fully saturated rings. The zero-order valence-corrected chi connectivity index (χ0v) is 10.5. The molecule has 92 valence electrons. The van der Waals surface area contributed by atoms with Gasteiger partial charge in [-0.3, -0.25) is 4.79 Å². The molecule has 1 aromatic rings. The lowest BCUT2D eigenvalue weighted by Crippen LogP contribution is -2.39. The van der Waals surface area contributed by atoms with Gasteiger partial charge in [0.1, 0.15) is 0 Å². The van der Waals surface area contributed by atoms with Crippen molar-refractivity contribution in [1.82, 2.24) is 0 Å². The molecule has 0 heterocycles. The Labute approximate surface area is 103 Å². The quantitative estimate of drug-likeness (QED) is 0.796. The number of hydrogen-bond donors (Lipinski definition) is 1. The fourth-order valence-corrected chi connectivity index (χ4v) is 3.04. The van der Waals surface area contributed by atoms with Crippen LogP contribution in [0, 0.1) is 17.8 Å². The second-order valence-corrected chi connectivity index (χ2v) is 5.38. The van der Waals surface area contributed by atoms with Crippen LogP contribution in [-0.2, 0) is 0 Å². The van der Waals surface area contributed by atoms with Gasteiger partial charge in [0.2, 0.25) is 0 Å². The minimum Gasteiger partial charge on any atom is -0.392 e. The first kappa shape index (κ1) is 12.3. The van der Waals surface area contributed by atoms with Crippen molar-refractivity contribution < 1.29 is 9.90 Å². The smallest absolute Gasteiger partial charge is 0.168 e. The molecule has 1 N–H and O–H groups in total. The Hall–Kier alpha value is -1.15. The highest BCUT2D eigenvalue weighted by Crippen LogP contribution is 2.35. The van der Waals surface area contributed by atoms with Crippen molar-refractivity contribution in [1.29, 1.82) is 0 Å². The zero-order chi connectivity index (χ0) is 12.4. The Balaban J connectivity index is 2.19. The van der Waals surface area contributed by atoms with Crippen LogP contribution in [-0.4, -0.2) is 17.0 Å². The predicted molar refractivity (Wildman–Crippen MR) is 67.8 cm³/mol. The zero-order valence-electron chi connectivity index (χ0n) is 10.5. The molecular formula is C15H20O2. The van der Waals surface area contributed by atoms with Gasteiger partial charge >= 0.3 is 0 Å². The van der Waals surface area contributed by atoms with Crippen molar-refractivity contribution >= 4 is 5.78 Å². The van der Waals surface area contributed by atoms with Crippen LogP contribution in [0.5, 0.6) is 0 Å². The third-order valence-electron chi connectivity index (χ3n) is 3.81. The number of carbonyl (C=O) groups is 1. The number of aliphatic hydroxyl groups excluding tert-OH is 1. The van der Waals surface area contributed by atoms with Crippen LogP contribution in [0.3, 0.4) is 0 Å². The van der Waals surface area contributed by atoms with Crippen LogP contribution in [0.2, 0.25) is 0 Å². The largest absolute Gasteiger partial charge is 0.392 e. The van der Waals surface area contributed by atoms with Gasteiger partial charge in [-0.25, -0.2) is 0 Å². The summed E-state index contributed by atoms with van der Waals surface area (Å²) in [6.07, 6.45) is 1.29. The van der Waals surface area contributed by atoms with Crippen LogP contribution >= 0.6 is 0 Å². The van der Waals surface area contributed by atoms with E-state index in [2.05, 4.69) is 13.8 Å². The first-order valence-electron chi connectivity index (χ1n) is 6.37. The molecule has 0 saturated heterocycles. The molecule has 0 unspecified atom stereocenters. The van der Waals surface area contributed by atoms with Gasteiger partial charge in [0.25, 0.3) is 0 Å². The predicted octanol–water partition coefficient (Wildman–Crippen LogP) is 2.91. The molecule has 1 aliphatic carbocycles. The number of ketones is 1. The highest BCUT2D eigenvalue weighted by molar-refractivity contribution is 5.98. The first-order valence-corrected chi connectivity index (χ1v) is 6.37. The number of hydrogen-bond acceptors (Lipinski definition) is 2. The second kappa shape index (κ2) is 5.01. The number of aliphatic hydroxyl groups is 1. The molecule has 2 heteroatoms. The number of Topliss-reactive ketones (excluding diaryl/α,β-unsaturated/α-hetero) is 1. The molecule has 0 aliphatic heterocycles. The van der Waals surface area contributed by atoms with Crippen molar-refractivity contribution in [3.05, 3.63) is 35.9 Å². The summed E-state index contributed by atoms with van der Waals surface area (Å²) in [5.74, 6) is 0.646. The topological polar surface area (TPSA) is 37.3 Å². The average molecular weight is 232 g/mol. The standard InChI is InChI=1S/C15H20O2/c1-10-8-11(2)14(13(16)9-10)15(17)12-6-4-3-5-7-12/h3-7,10-11,13-14,16H,8-9H2,1-2H3/t10-,11+,13-,14+/m1/s1. The molecule has 1 aromatic carbocycles. The molecule has 0 spiro atoms. The summed E-state index contributed by atoms with van der Waals surface area (Å²) < 4.78 is 0. The van der Waals surface area contributed by atoms with Crippen LogP contribution < -0.4 is 0 Å². The minimum absolute atomic E-state index is 0.0949. The van der Waals surface area contributed by atoms with E-state index in [1.165, 1.54) is 0 Å². The summed E-state index contributed by atoms with van der Waals surface area (Å²) in [5, 5.41) is 10.1. The molecule has 0 bridgehead atoms. The van der Waals surface area contributed by atoms with Gasteiger partial charge in [0.15, 0.2) is 5.78 Å². The van der Waals surface area contributed by atoms with Crippen LogP contribution in [0.4, 0.5) is 0 Å². The maximum atomic E-state index is 12.4. The van der Waals surface area contributed by atoms with Gasteiger partial charge in [-0.05, 0) is 24.7 Å². The normalized spacial score (nSPS) is 33.4. The van der Waals surface area contributed by atoms with Gasteiger partial charge in [0, 0.05) is 5.56 Å². The molecule has 1 aliphatic rings. The summed E-state index contributed by atoms with van der Waals surface area (Å²) >= 11 is 0. The van der Waals surface area contributed by atoms with E-state index in [1.807, 2.05) is 30.3 Å². The lowest BCUT2D eigenvalue weighted by Gasteiger charge is -2.35. The summed E-state index contributed by atoms with van der Waals surface area (Å²) in [7, 11) is 0. The molecule has 17 heavy (non-hydrogen) atoms. The Kier molecular flexibility index (Phi) is 3.63. The molecule has 1 saturated carbocycles. The van der Waals surface area contributed by atoms with Gasteiger partial charge in [-0.2, -0.15) is 0 Å². The maximum absolute atomic E-state index is 12.4. The highest BCUT2D eigenvalue weighted by Gasteiger charge is 2.37. The average Bonchev–Trinajstić information content (AvgIpc) is 2.28. The number of benzene rings is 1. The fourth-order valence-electron chi connectivity index (χ4n) is 3.04. The molecule has 4 atom stereocenters. The van der Waals surface area contributed by atoms with Crippen LogP contribution in [0.1, 0.15) is 37.0 Å². The summed E-state index contributed by atoms with van der Waals surface area (Å²) in [6, 6.07) is 9.31. The molecule has 2 rings (SSSR count). The van der Waals surface area contributed by atoms with Gasteiger partial charge < -0.3 is 5.11 Å². The Morgan fingerprint density at radius 2 is 1.82 bits per heavy atom. The summed E-state index contributed by atoms with van der Waals surface area (Å²) in [4.78, 5) is 12.4. The molecule has 0 amide bonds. The summed E-state index contributed by atoms with van der Waals surface area (Å²) in [5.41, 5.74) is 0.720. The van der Waals surface area contributed by atoms with E-state index in [0.717, 1.165) is 18.4 Å². The molecule has 0 radical (unpaired) electrons. The third kappa shape index (κ3) is 2.58. The van der Waals surface area contributed by atoms with E-state index in [0.29, 0.717) is 5.92 Å². The van der Waals surface area contributed by atoms with Crippen molar-refractivity contribution in [3.8, 4) is 0 Å². The minimum atomic E-state index is -0.485. The first-order chi connectivity index (χ1) is 8.09. The molecule has 0 aromatic heterocycles. The number of carbonyl (C=O) groups excluding carboxylic acids is 1. The Morgan fingerprint density at radius 3 is 2.41 bits per heavy atom.